The van der Waals surface area contributed by atoms with Gasteiger partial charge in [0.1, 0.15) is 6.10 Å². The molecule has 0 spiro atoms. The molecule has 4 fully saturated rings. The van der Waals surface area contributed by atoms with Gasteiger partial charge in [0, 0.05) is 11.5 Å². The highest BCUT2D eigenvalue weighted by Gasteiger charge is 2.68. The monoisotopic (exact) mass is 588 g/mol. The highest BCUT2D eigenvalue weighted by molar-refractivity contribution is 5.87. The Morgan fingerprint density at radius 2 is 1.58 bits per heavy atom. The lowest BCUT2D eigenvalue weighted by molar-refractivity contribution is -0.210. The van der Waals surface area contributed by atoms with Crippen molar-refractivity contribution < 1.29 is 19.7 Å². The van der Waals surface area contributed by atoms with Crippen LogP contribution in [-0.4, -0.2) is 22.3 Å². The number of hydrogen-bond acceptors (Lipinski definition) is 4. The summed E-state index contributed by atoms with van der Waals surface area (Å²) in [6.45, 7) is 20.2. The van der Waals surface area contributed by atoms with E-state index >= 15 is 0 Å². The zero-order valence-electron chi connectivity index (χ0n) is 28.1. The van der Waals surface area contributed by atoms with Gasteiger partial charge >= 0.3 is 5.97 Å². The van der Waals surface area contributed by atoms with E-state index in [2.05, 4.69) is 61.5 Å². The van der Waals surface area contributed by atoms with E-state index in [9.17, 15) is 15.0 Å². The summed E-state index contributed by atoms with van der Waals surface area (Å²) in [5.74, 6) is 1.16. The number of fused-ring (bicyclic) bond motifs is 7. The molecule has 8 atom stereocenters. The van der Waals surface area contributed by atoms with Crippen LogP contribution in [0.4, 0.5) is 0 Å². The Bertz CT molecular complexity index is 1350. The van der Waals surface area contributed by atoms with Crippen LogP contribution in [0.15, 0.2) is 35.9 Å². The molecule has 1 aromatic rings. The van der Waals surface area contributed by atoms with Crippen LogP contribution in [0, 0.1) is 50.2 Å². The van der Waals surface area contributed by atoms with Gasteiger partial charge in [-0.05, 0) is 133 Å². The number of phenols is 2. The van der Waals surface area contributed by atoms with Crippen LogP contribution in [0.2, 0.25) is 0 Å². The summed E-state index contributed by atoms with van der Waals surface area (Å²) in [6, 6.07) is 4.54. The highest BCUT2D eigenvalue weighted by atomic mass is 16.5. The first-order valence-electron chi connectivity index (χ1n) is 17.1. The molecule has 0 unspecified atom stereocenters. The molecule has 0 aromatic heterocycles. The third-order valence-electron chi connectivity index (χ3n) is 14.7. The number of carbonyl (C=O) groups is 1. The van der Waals surface area contributed by atoms with Gasteiger partial charge in [0.2, 0.25) is 0 Å². The molecule has 6 rings (SSSR count). The van der Waals surface area contributed by atoms with Crippen molar-refractivity contribution in [2.24, 2.45) is 50.2 Å². The van der Waals surface area contributed by atoms with Crippen LogP contribution >= 0.6 is 0 Å². The summed E-state index contributed by atoms with van der Waals surface area (Å²) in [5, 5.41) is 19.4. The molecule has 0 saturated heterocycles. The molecule has 4 saturated carbocycles. The summed E-state index contributed by atoms with van der Waals surface area (Å²) in [6.07, 6.45) is 18.2. The Kier molecular flexibility index (Phi) is 7.08. The minimum atomic E-state index is -0.340. The molecule has 0 radical (unpaired) electrons. The Morgan fingerprint density at radius 3 is 2.30 bits per heavy atom. The zero-order valence-corrected chi connectivity index (χ0v) is 28.1. The van der Waals surface area contributed by atoms with E-state index in [1.165, 1.54) is 69.6 Å². The van der Waals surface area contributed by atoms with Crippen molar-refractivity contribution >= 4 is 12.0 Å². The minimum absolute atomic E-state index is 0.113. The zero-order chi connectivity index (χ0) is 31.2. The molecule has 0 heterocycles. The van der Waals surface area contributed by atoms with E-state index in [1.54, 1.807) is 12.1 Å². The lowest BCUT2D eigenvalue weighted by Gasteiger charge is -2.71. The van der Waals surface area contributed by atoms with Gasteiger partial charge in [-0.15, -0.1) is 0 Å². The van der Waals surface area contributed by atoms with Crippen LogP contribution < -0.4 is 0 Å². The van der Waals surface area contributed by atoms with Gasteiger partial charge in [0.05, 0.1) is 0 Å². The Morgan fingerprint density at radius 1 is 0.860 bits per heavy atom. The number of hydrogen-bond donors (Lipinski definition) is 2. The van der Waals surface area contributed by atoms with Crippen molar-refractivity contribution in [3.8, 4) is 11.5 Å². The quantitative estimate of drug-likeness (QED) is 0.160. The first kappa shape index (κ1) is 30.8. The molecule has 5 aliphatic rings. The SMILES string of the molecule is CC1(C)CC[C@]2(C)CC[C@]3(C)C(=CC[C@@H]4[C@@]5(C)CC[C@H](OC(=O)/C=C/c6ccc(O)c(O)c6)C(C)(C)[C@@H]5CC[C@]43C)[C@@H]2C1. The predicted molar refractivity (Wildman–Crippen MR) is 173 cm³/mol. The van der Waals surface area contributed by atoms with Crippen molar-refractivity contribution in [3.63, 3.8) is 0 Å². The van der Waals surface area contributed by atoms with Gasteiger partial charge in [0.25, 0.3) is 0 Å². The van der Waals surface area contributed by atoms with Crippen molar-refractivity contribution in [1.82, 2.24) is 0 Å². The van der Waals surface area contributed by atoms with E-state index in [0.29, 0.717) is 33.6 Å². The molecule has 2 N–H and O–H groups in total. The van der Waals surface area contributed by atoms with Crippen molar-refractivity contribution in [3.05, 3.63) is 41.5 Å². The molecule has 4 nitrogen and oxygen atoms in total. The maximum absolute atomic E-state index is 13.0. The fourth-order valence-corrected chi connectivity index (χ4v) is 11.7. The lowest BCUT2D eigenvalue weighted by atomic mass is 9.33. The molecular weight excluding hydrogens is 532 g/mol. The number of aromatic hydroxyl groups is 2. The maximum Gasteiger partial charge on any atom is 0.331 e. The number of phenolic OH excluding ortho intramolecular Hbond substituents is 2. The summed E-state index contributed by atoms with van der Waals surface area (Å²) < 4.78 is 6.18. The Labute approximate surface area is 260 Å². The van der Waals surface area contributed by atoms with Crippen molar-refractivity contribution in [2.45, 2.75) is 126 Å². The number of allylic oxidation sites excluding steroid dienone is 2. The molecule has 4 heteroatoms. The largest absolute Gasteiger partial charge is 0.504 e. The maximum atomic E-state index is 13.0. The van der Waals surface area contributed by atoms with Gasteiger partial charge < -0.3 is 14.9 Å². The average Bonchev–Trinajstić information content (AvgIpc) is 2.92. The number of rotatable bonds is 3. The molecule has 0 aliphatic heterocycles. The fraction of sp³-hybridized carbons (Fsp3) is 0.718. The van der Waals surface area contributed by atoms with Crippen LogP contribution in [0.3, 0.4) is 0 Å². The second kappa shape index (κ2) is 9.88. The Hall–Kier alpha value is -2.23. The average molecular weight is 589 g/mol. The topological polar surface area (TPSA) is 66.8 Å². The lowest BCUT2D eigenvalue weighted by Crippen LogP contribution is -2.64. The second-order valence-corrected chi connectivity index (χ2v) is 17.7. The second-order valence-electron chi connectivity index (χ2n) is 17.7. The standard InChI is InChI=1S/C39H56O4/c1-34(2)19-20-36(5)21-22-38(7)26(27(36)24-34)11-13-31-37(6)17-16-32(35(3,4)30(37)15-18-39(31,38)8)43-33(42)14-10-25-9-12-28(40)29(41)23-25/h9-12,14,23,27,30-32,40-41H,13,15-22,24H2,1-8H3/b14-10+/t27-,30-,31+,32-,36+,37-,38+,39+/m0/s1. The third-order valence-corrected chi connectivity index (χ3v) is 14.7. The molecule has 0 amide bonds. The van der Waals surface area contributed by atoms with Gasteiger partial charge in [0.15, 0.2) is 11.5 Å². The van der Waals surface area contributed by atoms with Crippen LogP contribution in [-0.2, 0) is 9.53 Å². The number of esters is 1. The predicted octanol–water partition coefficient (Wildman–Crippen LogP) is 9.84. The first-order chi connectivity index (χ1) is 20.0. The van der Waals surface area contributed by atoms with Crippen LogP contribution in [0.1, 0.15) is 125 Å². The molecular formula is C39H56O4. The van der Waals surface area contributed by atoms with Gasteiger partial charge in [-0.25, -0.2) is 4.79 Å². The highest BCUT2D eigenvalue weighted by Crippen LogP contribution is 2.75. The minimum Gasteiger partial charge on any atom is -0.504 e. The van der Waals surface area contributed by atoms with Crippen LogP contribution in [0.5, 0.6) is 11.5 Å². The summed E-state index contributed by atoms with van der Waals surface area (Å²) in [4.78, 5) is 13.0. The van der Waals surface area contributed by atoms with Gasteiger partial charge in [-0.3, -0.25) is 0 Å². The molecule has 1 aromatic carbocycles. The normalized spacial score (nSPS) is 43.0. The summed E-state index contributed by atoms with van der Waals surface area (Å²) in [7, 11) is 0. The van der Waals surface area contributed by atoms with E-state index in [4.69, 9.17) is 4.74 Å². The van der Waals surface area contributed by atoms with Gasteiger partial charge in [-0.1, -0.05) is 73.1 Å². The van der Waals surface area contributed by atoms with Crippen LogP contribution in [0.25, 0.3) is 6.08 Å². The number of carbonyl (C=O) groups excluding carboxylic acids is 1. The first-order valence-corrected chi connectivity index (χ1v) is 17.1. The van der Waals surface area contributed by atoms with E-state index in [-0.39, 0.29) is 39.8 Å². The molecule has 43 heavy (non-hydrogen) atoms. The summed E-state index contributed by atoms with van der Waals surface area (Å²) >= 11 is 0. The van der Waals surface area contributed by atoms with Crippen molar-refractivity contribution in [2.75, 3.05) is 0 Å². The summed E-state index contributed by atoms with van der Waals surface area (Å²) in [5.41, 5.74) is 4.04. The van der Waals surface area contributed by atoms with E-state index in [0.717, 1.165) is 18.8 Å². The number of ether oxygens (including phenoxy) is 1. The third kappa shape index (κ3) is 4.62. The van der Waals surface area contributed by atoms with E-state index < -0.39 is 0 Å². The fourth-order valence-electron chi connectivity index (χ4n) is 11.7. The van der Waals surface area contributed by atoms with Gasteiger partial charge in [-0.2, -0.15) is 0 Å². The smallest absolute Gasteiger partial charge is 0.331 e. The van der Waals surface area contributed by atoms with Crippen molar-refractivity contribution in [1.29, 1.82) is 0 Å². The number of benzene rings is 1. The Balaban J connectivity index is 1.23. The molecule has 5 aliphatic carbocycles. The molecule has 0 bridgehead atoms. The molecule has 236 valence electrons. The van der Waals surface area contributed by atoms with E-state index in [1.807, 2.05) is 5.57 Å².